The topological polar surface area (TPSA) is 49.1 Å². The number of hydrogen-bond acceptors (Lipinski definition) is 4. The molecule has 0 bridgehead atoms. The second kappa shape index (κ2) is 6.03. The van der Waals surface area contributed by atoms with Gasteiger partial charge in [-0.25, -0.2) is 4.98 Å². The van der Waals surface area contributed by atoms with Gasteiger partial charge >= 0.3 is 0 Å². The standard InChI is InChI=1S/C13H16ClN3O/c1-2-17(9-11-4-3-5-18-11)13-7-10(8-15)6-12(14)16-13/h6-7,11H,2-5,9H2,1H3. The second-order valence-electron chi connectivity index (χ2n) is 4.32. The highest BCUT2D eigenvalue weighted by molar-refractivity contribution is 6.29. The van der Waals surface area contributed by atoms with Crippen LogP contribution in [0.15, 0.2) is 12.1 Å². The highest BCUT2D eigenvalue weighted by Gasteiger charge is 2.19. The van der Waals surface area contributed by atoms with Crippen molar-refractivity contribution in [3.63, 3.8) is 0 Å². The zero-order chi connectivity index (χ0) is 13.0. The molecule has 1 saturated heterocycles. The summed E-state index contributed by atoms with van der Waals surface area (Å²) >= 11 is 5.93. The van der Waals surface area contributed by atoms with Crippen molar-refractivity contribution in [1.82, 2.24) is 4.98 Å². The maximum absolute atomic E-state index is 8.95. The number of pyridine rings is 1. The normalized spacial score (nSPS) is 18.6. The van der Waals surface area contributed by atoms with Crippen LogP contribution in [0.1, 0.15) is 25.3 Å². The van der Waals surface area contributed by atoms with Crippen LogP contribution in [-0.2, 0) is 4.74 Å². The van der Waals surface area contributed by atoms with Crippen molar-refractivity contribution >= 4 is 17.4 Å². The summed E-state index contributed by atoms with van der Waals surface area (Å²) in [6.45, 7) is 4.52. The van der Waals surface area contributed by atoms with E-state index in [0.717, 1.165) is 38.4 Å². The molecule has 2 heterocycles. The molecule has 0 aromatic carbocycles. The third kappa shape index (κ3) is 3.12. The molecule has 1 aliphatic heterocycles. The maximum Gasteiger partial charge on any atom is 0.132 e. The van der Waals surface area contributed by atoms with Gasteiger partial charge in [0.05, 0.1) is 17.7 Å². The average Bonchev–Trinajstić information content (AvgIpc) is 2.88. The van der Waals surface area contributed by atoms with E-state index in [2.05, 4.69) is 22.9 Å². The fraction of sp³-hybridized carbons (Fsp3) is 0.538. The Kier molecular flexibility index (Phi) is 4.40. The summed E-state index contributed by atoms with van der Waals surface area (Å²) in [6.07, 6.45) is 2.47. The Bertz CT molecular complexity index is 452. The minimum atomic E-state index is 0.260. The fourth-order valence-electron chi connectivity index (χ4n) is 2.13. The summed E-state index contributed by atoms with van der Waals surface area (Å²) < 4.78 is 5.63. The number of ether oxygens (including phenoxy) is 1. The molecule has 0 N–H and O–H groups in total. The van der Waals surface area contributed by atoms with Gasteiger partial charge in [-0.2, -0.15) is 5.26 Å². The number of rotatable bonds is 4. The summed E-state index contributed by atoms with van der Waals surface area (Å²) in [5.41, 5.74) is 0.538. The van der Waals surface area contributed by atoms with Crippen LogP contribution >= 0.6 is 11.6 Å². The number of aromatic nitrogens is 1. The van der Waals surface area contributed by atoms with E-state index in [1.807, 2.05) is 0 Å². The lowest BCUT2D eigenvalue weighted by Gasteiger charge is -2.25. The highest BCUT2D eigenvalue weighted by atomic mass is 35.5. The number of hydrogen-bond donors (Lipinski definition) is 0. The molecule has 0 aliphatic carbocycles. The molecule has 0 radical (unpaired) electrons. The Balaban J connectivity index is 2.15. The highest BCUT2D eigenvalue weighted by Crippen LogP contribution is 2.20. The van der Waals surface area contributed by atoms with Gasteiger partial charge in [0, 0.05) is 19.7 Å². The quantitative estimate of drug-likeness (QED) is 0.786. The summed E-state index contributed by atoms with van der Waals surface area (Å²) in [5, 5.41) is 9.30. The average molecular weight is 266 g/mol. The lowest BCUT2D eigenvalue weighted by atomic mass is 10.2. The van der Waals surface area contributed by atoms with Crippen LogP contribution in [0.3, 0.4) is 0 Å². The molecule has 2 rings (SSSR count). The van der Waals surface area contributed by atoms with Crippen LogP contribution in [-0.4, -0.2) is 30.8 Å². The third-order valence-corrected chi connectivity index (χ3v) is 3.26. The first kappa shape index (κ1) is 13.1. The fourth-order valence-corrected chi connectivity index (χ4v) is 2.33. The molecule has 0 saturated carbocycles. The zero-order valence-electron chi connectivity index (χ0n) is 10.4. The minimum absolute atomic E-state index is 0.260. The van der Waals surface area contributed by atoms with E-state index in [9.17, 15) is 0 Å². The minimum Gasteiger partial charge on any atom is -0.376 e. The summed E-state index contributed by atoms with van der Waals surface area (Å²) in [6, 6.07) is 5.44. The smallest absolute Gasteiger partial charge is 0.132 e. The molecule has 4 nitrogen and oxygen atoms in total. The molecule has 1 aromatic rings. The van der Waals surface area contributed by atoms with Crippen molar-refractivity contribution in [2.24, 2.45) is 0 Å². The van der Waals surface area contributed by atoms with Crippen molar-refractivity contribution in [3.05, 3.63) is 22.8 Å². The SMILES string of the molecule is CCN(CC1CCCO1)c1cc(C#N)cc(Cl)n1. The first-order chi connectivity index (χ1) is 8.72. The molecule has 1 fully saturated rings. The predicted molar refractivity (Wildman–Crippen MR) is 70.8 cm³/mol. The predicted octanol–water partition coefficient (Wildman–Crippen LogP) is 2.61. The maximum atomic E-state index is 8.95. The van der Waals surface area contributed by atoms with Crippen molar-refractivity contribution in [2.45, 2.75) is 25.9 Å². The molecule has 0 amide bonds. The first-order valence-corrected chi connectivity index (χ1v) is 6.55. The molecule has 18 heavy (non-hydrogen) atoms. The van der Waals surface area contributed by atoms with Crippen LogP contribution in [0.4, 0.5) is 5.82 Å². The lowest BCUT2D eigenvalue weighted by Crippen LogP contribution is -2.32. The number of nitriles is 1. The van der Waals surface area contributed by atoms with Gasteiger partial charge in [0.1, 0.15) is 11.0 Å². The van der Waals surface area contributed by atoms with E-state index in [1.165, 1.54) is 0 Å². The monoisotopic (exact) mass is 265 g/mol. The first-order valence-electron chi connectivity index (χ1n) is 6.17. The molecule has 1 unspecified atom stereocenters. The van der Waals surface area contributed by atoms with Gasteiger partial charge < -0.3 is 9.64 Å². The van der Waals surface area contributed by atoms with E-state index in [1.54, 1.807) is 12.1 Å². The Morgan fingerprint density at radius 3 is 3.06 bits per heavy atom. The van der Waals surface area contributed by atoms with Crippen LogP contribution in [0.2, 0.25) is 5.15 Å². The van der Waals surface area contributed by atoms with Crippen LogP contribution in [0.5, 0.6) is 0 Å². The molecular formula is C13H16ClN3O. The van der Waals surface area contributed by atoms with Crippen LogP contribution in [0.25, 0.3) is 0 Å². The second-order valence-corrected chi connectivity index (χ2v) is 4.71. The van der Waals surface area contributed by atoms with Gasteiger partial charge in [0.15, 0.2) is 0 Å². The van der Waals surface area contributed by atoms with Crippen LogP contribution < -0.4 is 4.90 Å². The molecular weight excluding hydrogens is 250 g/mol. The number of likely N-dealkylation sites (N-methyl/N-ethyl adjacent to an activating group) is 1. The lowest BCUT2D eigenvalue weighted by molar-refractivity contribution is 0.115. The Hall–Kier alpha value is -1.31. The largest absolute Gasteiger partial charge is 0.376 e. The Labute approximate surface area is 112 Å². The van der Waals surface area contributed by atoms with Crippen molar-refractivity contribution in [3.8, 4) is 6.07 Å². The van der Waals surface area contributed by atoms with E-state index in [0.29, 0.717) is 10.7 Å². The number of anilines is 1. The van der Waals surface area contributed by atoms with E-state index < -0.39 is 0 Å². The van der Waals surface area contributed by atoms with Gasteiger partial charge in [0.25, 0.3) is 0 Å². The summed E-state index contributed by atoms with van der Waals surface area (Å²) in [4.78, 5) is 6.38. The van der Waals surface area contributed by atoms with Gasteiger partial charge in [0.2, 0.25) is 0 Å². The summed E-state index contributed by atoms with van der Waals surface area (Å²) in [7, 11) is 0. The van der Waals surface area contributed by atoms with Gasteiger partial charge in [-0.15, -0.1) is 0 Å². The van der Waals surface area contributed by atoms with Gasteiger partial charge in [-0.3, -0.25) is 0 Å². The molecule has 0 spiro atoms. The van der Waals surface area contributed by atoms with Gasteiger partial charge in [-0.1, -0.05) is 11.6 Å². The van der Waals surface area contributed by atoms with Gasteiger partial charge in [-0.05, 0) is 31.9 Å². The van der Waals surface area contributed by atoms with Crippen molar-refractivity contribution < 1.29 is 4.74 Å². The molecule has 5 heteroatoms. The Morgan fingerprint density at radius 1 is 1.61 bits per heavy atom. The zero-order valence-corrected chi connectivity index (χ0v) is 11.2. The van der Waals surface area contributed by atoms with E-state index >= 15 is 0 Å². The van der Waals surface area contributed by atoms with Crippen molar-refractivity contribution in [2.75, 3.05) is 24.6 Å². The van der Waals surface area contributed by atoms with E-state index in [-0.39, 0.29) is 6.10 Å². The third-order valence-electron chi connectivity index (χ3n) is 3.06. The van der Waals surface area contributed by atoms with Crippen LogP contribution in [0, 0.1) is 11.3 Å². The van der Waals surface area contributed by atoms with Crippen molar-refractivity contribution in [1.29, 1.82) is 5.26 Å². The van der Waals surface area contributed by atoms with E-state index in [4.69, 9.17) is 21.6 Å². The Morgan fingerprint density at radius 2 is 2.44 bits per heavy atom. The molecule has 1 atom stereocenters. The molecule has 96 valence electrons. The molecule has 1 aromatic heterocycles. The molecule has 1 aliphatic rings. The summed E-state index contributed by atoms with van der Waals surface area (Å²) in [5.74, 6) is 0.747. The number of halogens is 1. The number of nitrogens with zero attached hydrogens (tertiary/aromatic N) is 3.